The second-order valence-corrected chi connectivity index (χ2v) is 5.80. The number of esters is 1. The Bertz CT molecular complexity index is 753. The van der Waals surface area contributed by atoms with Crippen LogP contribution < -0.4 is 10.1 Å². The minimum absolute atomic E-state index is 0.0733. The number of amides is 1. The predicted molar refractivity (Wildman–Crippen MR) is 89.4 cm³/mol. The van der Waals surface area contributed by atoms with Gasteiger partial charge in [0.2, 0.25) is 0 Å². The average Bonchev–Trinajstić information content (AvgIpc) is 2.59. The van der Waals surface area contributed by atoms with E-state index >= 15 is 0 Å². The van der Waals surface area contributed by atoms with E-state index in [1.807, 2.05) is 0 Å². The maximum atomic E-state index is 12.4. The molecule has 0 heterocycles. The zero-order valence-electron chi connectivity index (χ0n) is 13.0. The van der Waals surface area contributed by atoms with Crippen LogP contribution >= 0.6 is 15.9 Å². The van der Waals surface area contributed by atoms with Crippen molar-refractivity contribution in [3.63, 3.8) is 0 Å². The van der Waals surface area contributed by atoms with Gasteiger partial charge in [0.15, 0.2) is 6.04 Å². The van der Waals surface area contributed by atoms with Crippen molar-refractivity contribution in [1.82, 2.24) is 5.32 Å². The highest BCUT2D eigenvalue weighted by Crippen LogP contribution is 2.20. The van der Waals surface area contributed by atoms with Gasteiger partial charge in [0, 0.05) is 10.0 Å². The summed E-state index contributed by atoms with van der Waals surface area (Å²) in [4.78, 5) is 24.4. The Kier molecular flexibility index (Phi) is 6.46. The number of halogens is 3. The monoisotopic (exact) mass is 413 g/mol. The molecule has 2 aromatic rings. The molecule has 1 atom stereocenters. The smallest absolute Gasteiger partial charge is 0.387 e. The van der Waals surface area contributed by atoms with E-state index in [4.69, 9.17) is 4.74 Å². The first-order chi connectivity index (χ1) is 11.9. The molecular formula is C17H14BrF2NO4. The lowest BCUT2D eigenvalue weighted by Crippen LogP contribution is -2.34. The van der Waals surface area contributed by atoms with Crippen LogP contribution in [0.4, 0.5) is 8.78 Å². The van der Waals surface area contributed by atoms with Crippen molar-refractivity contribution >= 4 is 27.8 Å². The maximum absolute atomic E-state index is 12.4. The van der Waals surface area contributed by atoms with Gasteiger partial charge >= 0.3 is 12.6 Å². The van der Waals surface area contributed by atoms with Crippen molar-refractivity contribution in [2.24, 2.45) is 0 Å². The lowest BCUT2D eigenvalue weighted by Gasteiger charge is -2.17. The Balaban J connectivity index is 2.22. The van der Waals surface area contributed by atoms with Crippen molar-refractivity contribution in [3.05, 3.63) is 64.1 Å². The molecule has 8 heteroatoms. The van der Waals surface area contributed by atoms with E-state index in [0.29, 0.717) is 5.56 Å². The van der Waals surface area contributed by atoms with E-state index in [1.54, 1.807) is 24.3 Å². The van der Waals surface area contributed by atoms with Crippen LogP contribution in [0.15, 0.2) is 53.0 Å². The summed E-state index contributed by atoms with van der Waals surface area (Å²) in [6, 6.07) is 11.0. The molecule has 0 radical (unpaired) electrons. The lowest BCUT2D eigenvalue weighted by atomic mass is 10.1. The van der Waals surface area contributed by atoms with E-state index in [-0.39, 0.29) is 11.3 Å². The van der Waals surface area contributed by atoms with Crippen LogP contribution in [-0.4, -0.2) is 25.6 Å². The highest BCUT2D eigenvalue weighted by Gasteiger charge is 2.24. The second kappa shape index (κ2) is 8.57. The van der Waals surface area contributed by atoms with E-state index < -0.39 is 24.5 Å². The first-order valence-electron chi connectivity index (χ1n) is 7.09. The molecule has 25 heavy (non-hydrogen) atoms. The number of hydrogen-bond acceptors (Lipinski definition) is 4. The molecule has 2 rings (SSSR count). The van der Waals surface area contributed by atoms with Crippen molar-refractivity contribution in [2.45, 2.75) is 12.7 Å². The zero-order chi connectivity index (χ0) is 18.4. The molecule has 0 saturated heterocycles. The summed E-state index contributed by atoms with van der Waals surface area (Å²) in [5.41, 5.74) is 0.590. The van der Waals surface area contributed by atoms with Crippen molar-refractivity contribution in [1.29, 1.82) is 0 Å². The number of benzene rings is 2. The number of alkyl halides is 2. The molecule has 0 bridgehead atoms. The van der Waals surface area contributed by atoms with Gasteiger partial charge in [-0.2, -0.15) is 8.78 Å². The van der Waals surface area contributed by atoms with Gasteiger partial charge in [0.25, 0.3) is 5.91 Å². The van der Waals surface area contributed by atoms with Crippen LogP contribution in [0.2, 0.25) is 0 Å². The Morgan fingerprint density at radius 1 is 1.12 bits per heavy atom. The zero-order valence-corrected chi connectivity index (χ0v) is 14.6. The Labute approximate surface area is 151 Å². The fourth-order valence-corrected chi connectivity index (χ4v) is 2.34. The third kappa shape index (κ3) is 5.25. The van der Waals surface area contributed by atoms with Gasteiger partial charge in [0.05, 0.1) is 7.11 Å². The maximum Gasteiger partial charge on any atom is 0.387 e. The number of methoxy groups -OCH3 is 1. The van der Waals surface area contributed by atoms with E-state index in [9.17, 15) is 18.4 Å². The van der Waals surface area contributed by atoms with Gasteiger partial charge in [-0.1, -0.05) is 34.1 Å². The highest BCUT2D eigenvalue weighted by molar-refractivity contribution is 9.10. The van der Waals surface area contributed by atoms with Gasteiger partial charge in [0.1, 0.15) is 5.75 Å². The minimum atomic E-state index is -3.00. The number of hydrogen-bond donors (Lipinski definition) is 1. The second-order valence-electron chi connectivity index (χ2n) is 4.89. The molecule has 0 aliphatic heterocycles. The summed E-state index contributed by atoms with van der Waals surface area (Å²) in [5.74, 6) is -1.44. The van der Waals surface area contributed by atoms with Crippen molar-refractivity contribution in [3.8, 4) is 5.75 Å². The average molecular weight is 414 g/mol. The van der Waals surface area contributed by atoms with Gasteiger partial charge < -0.3 is 14.8 Å². The highest BCUT2D eigenvalue weighted by atomic mass is 79.9. The Morgan fingerprint density at radius 3 is 2.40 bits per heavy atom. The molecule has 0 aliphatic rings. The van der Waals surface area contributed by atoms with E-state index in [0.717, 1.165) is 10.5 Å². The third-order valence-corrected chi connectivity index (χ3v) is 3.77. The summed E-state index contributed by atoms with van der Waals surface area (Å²) >= 11 is 3.29. The number of rotatable bonds is 6. The summed E-state index contributed by atoms with van der Waals surface area (Å²) in [6.07, 6.45) is 0. The van der Waals surface area contributed by atoms with Crippen molar-refractivity contribution < 1.29 is 27.8 Å². The van der Waals surface area contributed by atoms with Crippen molar-refractivity contribution in [2.75, 3.05) is 7.11 Å². The molecule has 0 aromatic heterocycles. The predicted octanol–water partition coefficient (Wildman–Crippen LogP) is 3.69. The number of nitrogens with one attached hydrogen (secondary N) is 1. The first-order valence-corrected chi connectivity index (χ1v) is 7.89. The number of ether oxygens (including phenoxy) is 2. The van der Waals surface area contributed by atoms with Crippen LogP contribution in [0.3, 0.4) is 0 Å². The molecule has 0 fully saturated rings. The molecule has 0 spiro atoms. The van der Waals surface area contributed by atoms with Crippen LogP contribution in [0.5, 0.6) is 5.75 Å². The number of carbonyl (C=O) groups is 2. The van der Waals surface area contributed by atoms with Crippen LogP contribution in [-0.2, 0) is 9.53 Å². The lowest BCUT2D eigenvalue weighted by molar-refractivity contribution is -0.143. The quantitative estimate of drug-likeness (QED) is 0.733. The molecule has 0 saturated carbocycles. The first kappa shape index (κ1) is 18.9. The summed E-state index contributed by atoms with van der Waals surface area (Å²) in [5, 5.41) is 2.53. The van der Waals surface area contributed by atoms with Gasteiger partial charge in [-0.15, -0.1) is 0 Å². The SMILES string of the molecule is COC(=O)C(NC(=O)c1cccc(OC(F)F)c1)c1ccc(Br)cc1. The number of carbonyl (C=O) groups excluding carboxylic acids is 2. The van der Waals surface area contributed by atoms with E-state index in [2.05, 4.69) is 26.0 Å². The molecule has 1 amide bonds. The Morgan fingerprint density at radius 2 is 1.80 bits per heavy atom. The molecule has 1 N–H and O–H groups in total. The summed E-state index contributed by atoms with van der Waals surface area (Å²) < 4.78 is 34.4. The molecule has 1 unspecified atom stereocenters. The standard InChI is InChI=1S/C17H14BrF2NO4/c1-24-16(23)14(10-5-7-12(18)8-6-10)21-15(22)11-3-2-4-13(9-11)25-17(19)20/h2-9,14,17H,1H3,(H,21,22). The third-order valence-electron chi connectivity index (χ3n) is 3.24. The Hall–Kier alpha value is -2.48. The van der Waals surface area contributed by atoms with Crippen LogP contribution in [0.25, 0.3) is 0 Å². The molecule has 0 aliphatic carbocycles. The molecular weight excluding hydrogens is 400 g/mol. The minimum Gasteiger partial charge on any atom is -0.467 e. The van der Waals surface area contributed by atoms with Gasteiger partial charge in [-0.3, -0.25) is 4.79 Å². The normalized spacial score (nSPS) is 11.7. The molecule has 132 valence electrons. The van der Waals surface area contributed by atoms with Crippen LogP contribution in [0.1, 0.15) is 22.0 Å². The summed E-state index contributed by atoms with van der Waals surface area (Å²) in [6.45, 7) is -3.00. The fourth-order valence-electron chi connectivity index (χ4n) is 2.08. The van der Waals surface area contributed by atoms with Gasteiger partial charge in [-0.05, 0) is 35.9 Å². The molecule has 5 nitrogen and oxygen atoms in total. The molecule has 2 aromatic carbocycles. The van der Waals surface area contributed by atoms with Gasteiger partial charge in [-0.25, -0.2) is 4.79 Å². The van der Waals surface area contributed by atoms with E-state index in [1.165, 1.54) is 25.3 Å². The van der Waals surface area contributed by atoms with Crippen LogP contribution in [0, 0.1) is 0 Å². The summed E-state index contributed by atoms with van der Waals surface area (Å²) in [7, 11) is 1.21. The largest absolute Gasteiger partial charge is 0.467 e. The topological polar surface area (TPSA) is 64.6 Å². The fraction of sp³-hybridized carbons (Fsp3) is 0.176.